The monoisotopic (exact) mass is 373 g/mol. The van der Waals surface area contributed by atoms with Crippen molar-refractivity contribution in [2.45, 2.75) is 50.6 Å². The maximum Gasteiger partial charge on any atom is 0.233 e. The van der Waals surface area contributed by atoms with Crippen molar-refractivity contribution < 1.29 is 4.79 Å². The van der Waals surface area contributed by atoms with Crippen LogP contribution in [-0.2, 0) is 4.79 Å². The van der Waals surface area contributed by atoms with Crippen molar-refractivity contribution in [3.63, 3.8) is 0 Å². The van der Waals surface area contributed by atoms with Gasteiger partial charge in [-0.3, -0.25) is 9.79 Å². The Hall–Kier alpha value is -0.720. The lowest BCUT2D eigenvalue weighted by molar-refractivity contribution is -0.129. The van der Waals surface area contributed by atoms with E-state index in [1.54, 1.807) is 11.3 Å². The van der Waals surface area contributed by atoms with E-state index in [0.717, 1.165) is 32.2 Å². The summed E-state index contributed by atoms with van der Waals surface area (Å²) in [5.74, 6) is 0.592. The molecule has 1 aliphatic heterocycles. The predicted octanol–water partition coefficient (Wildman–Crippen LogP) is 3.82. The molecule has 128 valence electrons. The number of thiophene rings is 1. The quantitative estimate of drug-likeness (QED) is 0.644. The Balaban J connectivity index is 0.00000192. The fraction of sp³-hybridized carbons (Fsp3) is 0.625. The van der Waals surface area contributed by atoms with Gasteiger partial charge >= 0.3 is 0 Å². The second kappa shape index (κ2) is 8.94. The molecule has 1 atom stereocenters. The van der Waals surface area contributed by atoms with Crippen molar-refractivity contribution in [1.29, 1.82) is 0 Å². The summed E-state index contributed by atoms with van der Waals surface area (Å²) in [5.41, 5.74) is 5.97. The van der Waals surface area contributed by atoms with Crippen LogP contribution in [0.3, 0.4) is 0 Å². The number of likely N-dealkylation sites (tertiary alicyclic amines) is 1. The molecule has 1 aromatic heterocycles. The van der Waals surface area contributed by atoms with Gasteiger partial charge in [0.05, 0.1) is 17.8 Å². The molecule has 0 aromatic carbocycles. The summed E-state index contributed by atoms with van der Waals surface area (Å²) in [6, 6.07) is 4.83. The Bertz CT molecular complexity index is 529. The zero-order valence-corrected chi connectivity index (χ0v) is 15.6. The first-order valence-corrected chi connectivity index (χ1v) is 9.89. The summed E-state index contributed by atoms with van der Waals surface area (Å²) < 4.78 is 0. The first-order chi connectivity index (χ1) is 10.7. The first-order valence-electron chi connectivity index (χ1n) is 8.03. The van der Waals surface area contributed by atoms with Crippen LogP contribution in [0.5, 0.6) is 0 Å². The molecule has 0 spiro atoms. The van der Waals surface area contributed by atoms with Gasteiger partial charge in [0.15, 0.2) is 5.17 Å². The van der Waals surface area contributed by atoms with Crippen molar-refractivity contribution in [3.05, 3.63) is 22.4 Å². The Morgan fingerprint density at radius 1 is 1.35 bits per heavy atom. The molecule has 2 N–H and O–H groups in total. The highest BCUT2D eigenvalue weighted by molar-refractivity contribution is 8.14. The number of hydrogen-bond acceptors (Lipinski definition) is 4. The molecule has 1 unspecified atom stereocenters. The molecule has 1 aromatic rings. The third-order valence-electron chi connectivity index (χ3n) is 4.42. The van der Waals surface area contributed by atoms with E-state index in [9.17, 15) is 4.79 Å². The SMILES string of the molecule is Cl.NC(=NC1CCCC1)SCC(=O)N1CCCC1c1cccs1. The topological polar surface area (TPSA) is 58.7 Å². The Morgan fingerprint density at radius 3 is 2.83 bits per heavy atom. The number of amides is 1. The highest BCUT2D eigenvalue weighted by atomic mass is 35.5. The lowest BCUT2D eigenvalue weighted by Gasteiger charge is -2.23. The molecule has 7 heteroatoms. The molecule has 23 heavy (non-hydrogen) atoms. The molecule has 1 amide bonds. The van der Waals surface area contributed by atoms with Crippen molar-refractivity contribution in [3.8, 4) is 0 Å². The highest BCUT2D eigenvalue weighted by Crippen LogP contribution is 2.34. The number of thioether (sulfide) groups is 1. The fourth-order valence-electron chi connectivity index (χ4n) is 3.31. The number of nitrogens with zero attached hydrogens (tertiary/aromatic N) is 2. The summed E-state index contributed by atoms with van der Waals surface area (Å²) in [4.78, 5) is 20.3. The largest absolute Gasteiger partial charge is 0.379 e. The minimum absolute atomic E-state index is 0. The second-order valence-corrected chi connectivity index (χ2v) is 7.93. The van der Waals surface area contributed by atoms with E-state index in [-0.39, 0.29) is 24.4 Å². The smallest absolute Gasteiger partial charge is 0.233 e. The zero-order chi connectivity index (χ0) is 15.4. The van der Waals surface area contributed by atoms with Gasteiger partial charge in [0.25, 0.3) is 0 Å². The molecule has 1 aliphatic carbocycles. The van der Waals surface area contributed by atoms with E-state index < -0.39 is 0 Å². The van der Waals surface area contributed by atoms with Gasteiger partial charge in [0, 0.05) is 11.4 Å². The standard InChI is InChI=1S/C16H23N3OS2.ClH/c17-16(18-12-5-1-2-6-12)22-11-15(20)19-9-3-7-13(19)14-8-4-10-21-14;/h4,8,10,12-13H,1-3,5-7,9,11H2,(H2,17,18);1H. The predicted molar refractivity (Wildman–Crippen MR) is 102 cm³/mol. The molecule has 1 saturated heterocycles. The number of halogens is 1. The van der Waals surface area contributed by atoms with Crippen LogP contribution in [0.25, 0.3) is 0 Å². The van der Waals surface area contributed by atoms with Gasteiger partial charge < -0.3 is 10.6 Å². The molecular formula is C16H24ClN3OS2. The molecule has 0 radical (unpaired) electrons. The molecular weight excluding hydrogens is 350 g/mol. The minimum atomic E-state index is 0. The van der Waals surface area contributed by atoms with Gasteiger partial charge in [0.2, 0.25) is 5.91 Å². The van der Waals surface area contributed by atoms with Crippen LogP contribution >= 0.6 is 35.5 Å². The fourth-order valence-corrected chi connectivity index (χ4v) is 4.85. The minimum Gasteiger partial charge on any atom is -0.379 e. The average molecular weight is 374 g/mol. The van der Waals surface area contributed by atoms with E-state index in [4.69, 9.17) is 5.73 Å². The lowest BCUT2D eigenvalue weighted by Crippen LogP contribution is -2.32. The number of aliphatic imine (C=N–C) groups is 1. The van der Waals surface area contributed by atoms with Gasteiger partial charge in [-0.15, -0.1) is 23.7 Å². The molecule has 3 rings (SSSR count). The van der Waals surface area contributed by atoms with Crippen LogP contribution < -0.4 is 5.73 Å². The van der Waals surface area contributed by atoms with Crippen LogP contribution in [-0.4, -0.2) is 34.3 Å². The first kappa shape index (κ1) is 18.6. The Kier molecular flexibility index (Phi) is 7.24. The van der Waals surface area contributed by atoms with Gasteiger partial charge in [-0.2, -0.15) is 0 Å². The Labute approximate surface area is 152 Å². The maximum atomic E-state index is 12.5. The van der Waals surface area contributed by atoms with Crippen molar-refractivity contribution >= 4 is 46.6 Å². The normalized spacial score (nSPS) is 22.3. The van der Waals surface area contributed by atoms with E-state index >= 15 is 0 Å². The summed E-state index contributed by atoms with van der Waals surface area (Å²) in [5, 5.41) is 2.66. The van der Waals surface area contributed by atoms with Gasteiger partial charge in [0.1, 0.15) is 0 Å². The zero-order valence-electron chi connectivity index (χ0n) is 13.1. The highest BCUT2D eigenvalue weighted by Gasteiger charge is 2.30. The van der Waals surface area contributed by atoms with E-state index in [2.05, 4.69) is 22.5 Å². The number of amidine groups is 1. The maximum absolute atomic E-state index is 12.5. The number of carbonyl (C=O) groups is 1. The molecule has 2 aliphatic rings. The van der Waals surface area contributed by atoms with E-state index in [0.29, 0.717) is 17.0 Å². The number of carbonyl (C=O) groups excluding carboxylic acids is 1. The lowest BCUT2D eigenvalue weighted by atomic mass is 10.2. The summed E-state index contributed by atoms with van der Waals surface area (Å²) in [6.07, 6.45) is 6.94. The van der Waals surface area contributed by atoms with Crippen LogP contribution in [0.15, 0.2) is 22.5 Å². The van der Waals surface area contributed by atoms with Gasteiger partial charge in [-0.1, -0.05) is 30.7 Å². The van der Waals surface area contributed by atoms with Gasteiger partial charge in [-0.25, -0.2) is 0 Å². The van der Waals surface area contributed by atoms with Crippen molar-refractivity contribution in [2.75, 3.05) is 12.3 Å². The van der Waals surface area contributed by atoms with Crippen LogP contribution in [0.4, 0.5) is 0 Å². The van der Waals surface area contributed by atoms with E-state index in [1.165, 1.54) is 29.5 Å². The number of nitrogens with two attached hydrogens (primary N) is 1. The van der Waals surface area contributed by atoms with E-state index in [1.807, 2.05) is 4.90 Å². The Morgan fingerprint density at radius 2 is 2.13 bits per heavy atom. The van der Waals surface area contributed by atoms with Crippen molar-refractivity contribution in [2.24, 2.45) is 10.7 Å². The summed E-state index contributed by atoms with van der Waals surface area (Å²) in [6.45, 7) is 0.863. The summed E-state index contributed by atoms with van der Waals surface area (Å²) >= 11 is 3.14. The molecule has 0 bridgehead atoms. The van der Waals surface area contributed by atoms with Crippen LogP contribution in [0.2, 0.25) is 0 Å². The third-order valence-corrected chi connectivity index (χ3v) is 6.19. The summed E-state index contributed by atoms with van der Waals surface area (Å²) in [7, 11) is 0. The van der Waals surface area contributed by atoms with Crippen LogP contribution in [0.1, 0.15) is 49.4 Å². The number of rotatable bonds is 4. The molecule has 4 nitrogen and oxygen atoms in total. The van der Waals surface area contributed by atoms with Crippen molar-refractivity contribution in [1.82, 2.24) is 4.90 Å². The molecule has 2 fully saturated rings. The third kappa shape index (κ3) is 4.88. The molecule has 2 heterocycles. The average Bonchev–Trinajstić information content (AvgIpc) is 3.23. The molecule has 1 saturated carbocycles. The van der Waals surface area contributed by atoms with Gasteiger partial charge in [-0.05, 0) is 37.1 Å². The second-order valence-electron chi connectivity index (χ2n) is 5.95. The van der Waals surface area contributed by atoms with Crippen LogP contribution in [0, 0.1) is 0 Å². The number of hydrogen-bond donors (Lipinski definition) is 1.